The third-order valence-corrected chi connectivity index (χ3v) is 4.01. The number of hydrogen-bond acceptors (Lipinski definition) is 2. The van der Waals surface area contributed by atoms with Crippen LogP contribution in [0.1, 0.15) is 24.5 Å². The molecular weight excluding hydrogens is 346 g/mol. The molecule has 0 atom stereocenters. The zero-order chi connectivity index (χ0) is 12.7. The standard InChI is InChI=1S/C13H10FIN2O/c14-9-5-3-8(4-6-9)12-16-11(7-1-2-7)10(15)13(18)17-12/h3-7H,1-2H2,(H,16,17,18). The summed E-state index contributed by atoms with van der Waals surface area (Å²) in [5.74, 6) is 0.634. The van der Waals surface area contributed by atoms with Crippen LogP contribution in [0.5, 0.6) is 0 Å². The Morgan fingerprint density at radius 1 is 1.28 bits per heavy atom. The Kier molecular flexibility index (Phi) is 2.93. The monoisotopic (exact) mass is 356 g/mol. The van der Waals surface area contributed by atoms with Gasteiger partial charge in [0.15, 0.2) is 0 Å². The summed E-state index contributed by atoms with van der Waals surface area (Å²) >= 11 is 2.04. The highest BCUT2D eigenvalue weighted by Crippen LogP contribution is 2.40. The lowest BCUT2D eigenvalue weighted by Crippen LogP contribution is -2.15. The Balaban J connectivity index is 2.12. The van der Waals surface area contributed by atoms with E-state index in [-0.39, 0.29) is 11.4 Å². The van der Waals surface area contributed by atoms with E-state index < -0.39 is 0 Å². The molecule has 0 aliphatic heterocycles. The SMILES string of the molecule is O=c1[nH]c(-c2ccc(F)cc2)nc(C2CC2)c1I. The predicted octanol–water partition coefficient (Wildman–Crippen LogP) is 3.06. The number of nitrogens with one attached hydrogen (secondary N) is 1. The van der Waals surface area contributed by atoms with Crippen molar-refractivity contribution in [3.05, 3.63) is 49.7 Å². The normalized spacial score (nSPS) is 14.8. The molecule has 0 saturated heterocycles. The van der Waals surface area contributed by atoms with Gasteiger partial charge in [-0.1, -0.05) is 0 Å². The molecule has 0 amide bonds. The van der Waals surface area contributed by atoms with Crippen LogP contribution in [-0.2, 0) is 0 Å². The maximum Gasteiger partial charge on any atom is 0.264 e. The van der Waals surface area contributed by atoms with Crippen molar-refractivity contribution < 1.29 is 4.39 Å². The molecule has 0 radical (unpaired) electrons. The molecule has 1 fully saturated rings. The second-order valence-electron chi connectivity index (χ2n) is 4.39. The average Bonchev–Trinajstić information content (AvgIpc) is 3.18. The van der Waals surface area contributed by atoms with E-state index in [9.17, 15) is 9.18 Å². The van der Waals surface area contributed by atoms with Crippen molar-refractivity contribution in [2.75, 3.05) is 0 Å². The molecular formula is C13H10FIN2O. The molecule has 18 heavy (non-hydrogen) atoms. The van der Waals surface area contributed by atoms with Crippen LogP contribution in [0.3, 0.4) is 0 Å². The Bertz CT molecular complexity index is 647. The van der Waals surface area contributed by atoms with Crippen molar-refractivity contribution >= 4 is 22.6 Å². The van der Waals surface area contributed by atoms with E-state index in [1.54, 1.807) is 12.1 Å². The van der Waals surface area contributed by atoms with Crippen molar-refractivity contribution in [1.82, 2.24) is 9.97 Å². The van der Waals surface area contributed by atoms with Gasteiger partial charge in [0.1, 0.15) is 11.6 Å². The van der Waals surface area contributed by atoms with Gasteiger partial charge in [-0.05, 0) is 59.7 Å². The van der Waals surface area contributed by atoms with E-state index in [1.807, 2.05) is 22.6 Å². The first kappa shape index (κ1) is 11.8. The number of H-pyrrole nitrogens is 1. The molecule has 1 aromatic heterocycles. The minimum Gasteiger partial charge on any atom is -0.306 e. The van der Waals surface area contributed by atoms with E-state index in [2.05, 4.69) is 9.97 Å². The molecule has 0 bridgehead atoms. The smallest absolute Gasteiger partial charge is 0.264 e. The number of aromatic amines is 1. The van der Waals surface area contributed by atoms with E-state index in [0.29, 0.717) is 15.3 Å². The van der Waals surface area contributed by atoms with Gasteiger partial charge in [-0.2, -0.15) is 0 Å². The van der Waals surface area contributed by atoms with E-state index in [4.69, 9.17) is 0 Å². The Labute approximate surface area is 117 Å². The van der Waals surface area contributed by atoms with Gasteiger partial charge >= 0.3 is 0 Å². The van der Waals surface area contributed by atoms with Gasteiger partial charge in [0.2, 0.25) is 0 Å². The van der Waals surface area contributed by atoms with Crippen molar-refractivity contribution in [3.8, 4) is 11.4 Å². The van der Waals surface area contributed by atoms with Gasteiger partial charge in [-0.15, -0.1) is 0 Å². The minimum atomic E-state index is -0.297. The third-order valence-electron chi connectivity index (χ3n) is 2.97. The lowest BCUT2D eigenvalue weighted by molar-refractivity contribution is 0.628. The van der Waals surface area contributed by atoms with Crippen molar-refractivity contribution in [3.63, 3.8) is 0 Å². The molecule has 5 heteroatoms. The fourth-order valence-electron chi connectivity index (χ4n) is 1.85. The van der Waals surface area contributed by atoms with Gasteiger partial charge in [0.25, 0.3) is 5.56 Å². The summed E-state index contributed by atoms with van der Waals surface area (Å²) < 4.78 is 13.5. The lowest BCUT2D eigenvalue weighted by Gasteiger charge is -2.05. The predicted molar refractivity (Wildman–Crippen MR) is 74.9 cm³/mol. The maximum atomic E-state index is 12.9. The molecule has 0 spiro atoms. The third kappa shape index (κ3) is 2.19. The number of benzene rings is 1. The highest BCUT2D eigenvalue weighted by Gasteiger charge is 2.28. The molecule has 3 rings (SSSR count). The van der Waals surface area contributed by atoms with Crippen LogP contribution < -0.4 is 5.56 Å². The lowest BCUT2D eigenvalue weighted by atomic mass is 10.2. The fourth-order valence-corrected chi connectivity index (χ4v) is 2.54. The molecule has 3 nitrogen and oxygen atoms in total. The van der Waals surface area contributed by atoms with Crippen molar-refractivity contribution in [2.24, 2.45) is 0 Å². The molecule has 1 aliphatic carbocycles. The van der Waals surface area contributed by atoms with Gasteiger partial charge in [0.05, 0.1) is 9.26 Å². The summed E-state index contributed by atoms with van der Waals surface area (Å²) in [6, 6.07) is 5.97. The van der Waals surface area contributed by atoms with E-state index >= 15 is 0 Å². The average molecular weight is 356 g/mol. The highest BCUT2D eigenvalue weighted by molar-refractivity contribution is 14.1. The van der Waals surface area contributed by atoms with Crippen LogP contribution in [0, 0.1) is 9.39 Å². The highest BCUT2D eigenvalue weighted by atomic mass is 127. The van der Waals surface area contributed by atoms with Gasteiger partial charge < -0.3 is 4.98 Å². The largest absolute Gasteiger partial charge is 0.306 e. The molecule has 1 saturated carbocycles. The molecule has 92 valence electrons. The zero-order valence-electron chi connectivity index (χ0n) is 9.41. The summed E-state index contributed by atoms with van der Waals surface area (Å²) in [6.45, 7) is 0. The molecule has 1 heterocycles. The number of aromatic nitrogens is 2. The fraction of sp³-hybridized carbons (Fsp3) is 0.231. The summed E-state index contributed by atoms with van der Waals surface area (Å²) in [7, 11) is 0. The molecule has 1 aliphatic rings. The molecule has 1 N–H and O–H groups in total. The van der Waals surface area contributed by atoms with E-state index in [0.717, 1.165) is 24.1 Å². The zero-order valence-corrected chi connectivity index (χ0v) is 11.6. The van der Waals surface area contributed by atoms with Gasteiger partial charge in [-0.25, -0.2) is 9.37 Å². The number of halogens is 2. The summed E-state index contributed by atoms with van der Waals surface area (Å²) in [4.78, 5) is 19.1. The van der Waals surface area contributed by atoms with Gasteiger partial charge in [0, 0.05) is 11.5 Å². The first-order chi connectivity index (χ1) is 8.65. The Morgan fingerprint density at radius 3 is 2.56 bits per heavy atom. The van der Waals surface area contributed by atoms with Crippen LogP contribution >= 0.6 is 22.6 Å². The molecule has 0 unspecified atom stereocenters. The second kappa shape index (κ2) is 4.46. The Morgan fingerprint density at radius 2 is 1.94 bits per heavy atom. The first-order valence-electron chi connectivity index (χ1n) is 5.71. The van der Waals surface area contributed by atoms with Crippen LogP contribution in [0.4, 0.5) is 4.39 Å². The maximum absolute atomic E-state index is 12.9. The van der Waals surface area contributed by atoms with Crippen molar-refractivity contribution in [1.29, 1.82) is 0 Å². The second-order valence-corrected chi connectivity index (χ2v) is 5.47. The molecule has 2 aromatic rings. The Hall–Kier alpha value is -1.24. The van der Waals surface area contributed by atoms with Gasteiger partial charge in [-0.3, -0.25) is 4.79 Å². The van der Waals surface area contributed by atoms with Crippen LogP contribution in [0.2, 0.25) is 0 Å². The summed E-state index contributed by atoms with van der Waals surface area (Å²) in [5, 5.41) is 0. The summed E-state index contributed by atoms with van der Waals surface area (Å²) in [6.07, 6.45) is 2.19. The van der Waals surface area contributed by atoms with Crippen molar-refractivity contribution in [2.45, 2.75) is 18.8 Å². The van der Waals surface area contributed by atoms with Crippen LogP contribution in [0.25, 0.3) is 11.4 Å². The van der Waals surface area contributed by atoms with Crippen LogP contribution in [0.15, 0.2) is 29.1 Å². The topological polar surface area (TPSA) is 45.8 Å². The van der Waals surface area contributed by atoms with Crippen LogP contribution in [-0.4, -0.2) is 9.97 Å². The number of rotatable bonds is 2. The quantitative estimate of drug-likeness (QED) is 0.841. The number of hydrogen-bond donors (Lipinski definition) is 1. The summed E-state index contributed by atoms with van der Waals surface area (Å²) in [5.41, 5.74) is 1.48. The minimum absolute atomic E-state index is 0.119. The van der Waals surface area contributed by atoms with E-state index in [1.165, 1.54) is 12.1 Å². The first-order valence-corrected chi connectivity index (χ1v) is 6.78. The molecule has 1 aromatic carbocycles. The number of nitrogens with zero attached hydrogens (tertiary/aromatic N) is 1.